The lowest BCUT2D eigenvalue weighted by Crippen LogP contribution is -2.53. The van der Waals surface area contributed by atoms with Crippen molar-refractivity contribution in [3.05, 3.63) is 24.3 Å². The highest BCUT2D eigenvalue weighted by Crippen LogP contribution is 2.35. The highest BCUT2D eigenvalue weighted by molar-refractivity contribution is 5.84. The molecule has 0 spiro atoms. The molecule has 1 atom stereocenters. The van der Waals surface area contributed by atoms with Crippen molar-refractivity contribution in [1.82, 2.24) is 9.80 Å². The lowest BCUT2D eigenvalue weighted by atomic mass is 9.85. The largest absolute Gasteiger partial charge is 0.463 e. The fourth-order valence-corrected chi connectivity index (χ4v) is 8.55. The van der Waals surface area contributed by atoms with Crippen molar-refractivity contribution in [1.29, 1.82) is 0 Å². The quantitative estimate of drug-likeness (QED) is 0.0365. The molecule has 0 N–H and O–H groups in total. The van der Waals surface area contributed by atoms with Gasteiger partial charge in [-0.15, -0.1) is 0 Å². The van der Waals surface area contributed by atoms with Crippen LogP contribution < -0.4 is 0 Å². The van der Waals surface area contributed by atoms with Gasteiger partial charge in [-0.05, 0) is 110 Å². The fourth-order valence-electron chi connectivity index (χ4n) is 8.55. The number of nitrogens with zero attached hydrogens (tertiary/aromatic N) is 3. The number of rotatable bonds is 36. The van der Waals surface area contributed by atoms with Gasteiger partial charge in [0.1, 0.15) is 0 Å². The number of unbranched alkanes of at least 4 members (excludes halogenated alkanes) is 22. The number of hydrogen-bond donors (Lipinski definition) is 0. The molecule has 0 aromatic heterocycles. The second-order valence-corrected chi connectivity index (χ2v) is 16.6. The maximum atomic E-state index is 13.2. The monoisotopic (exact) mass is 740 g/mol. The van der Waals surface area contributed by atoms with Gasteiger partial charge >= 0.3 is 5.97 Å². The maximum absolute atomic E-state index is 13.2. The minimum Gasteiger partial charge on any atom is -0.463 e. The van der Waals surface area contributed by atoms with Crippen molar-refractivity contribution in [2.75, 3.05) is 32.8 Å². The molecular weight excluding hydrogens is 651 g/mol. The Morgan fingerprint density at radius 1 is 0.585 bits per heavy atom. The van der Waals surface area contributed by atoms with Crippen molar-refractivity contribution < 1.29 is 9.53 Å². The van der Waals surface area contributed by atoms with Crippen LogP contribution in [0, 0.1) is 0 Å². The lowest BCUT2D eigenvalue weighted by molar-refractivity contribution is -0.150. The summed E-state index contributed by atoms with van der Waals surface area (Å²) in [6, 6.07) is 0. The number of aliphatic imine (C=N–C) groups is 1. The van der Waals surface area contributed by atoms with E-state index in [0.29, 0.717) is 6.61 Å². The molecule has 0 aromatic rings. The first-order valence-electron chi connectivity index (χ1n) is 23.7. The Bertz CT molecular complexity index is 884. The molecule has 1 saturated heterocycles. The summed E-state index contributed by atoms with van der Waals surface area (Å²) >= 11 is 0. The third-order valence-electron chi connectivity index (χ3n) is 11.9. The van der Waals surface area contributed by atoms with Gasteiger partial charge < -0.3 is 9.64 Å². The van der Waals surface area contributed by atoms with Crippen LogP contribution in [0.5, 0.6) is 0 Å². The first-order chi connectivity index (χ1) is 26.2. The fraction of sp³-hybridized carbons (Fsp3) is 0.875. The highest BCUT2D eigenvalue weighted by Gasteiger charge is 2.45. The van der Waals surface area contributed by atoms with Crippen molar-refractivity contribution in [2.24, 2.45) is 4.99 Å². The van der Waals surface area contributed by atoms with Crippen LogP contribution in [-0.2, 0) is 9.53 Å². The topological polar surface area (TPSA) is 45.1 Å². The first-order valence-corrected chi connectivity index (χ1v) is 23.7. The second kappa shape index (κ2) is 33.8. The Morgan fingerprint density at radius 2 is 1.02 bits per heavy atom. The van der Waals surface area contributed by atoms with Gasteiger partial charge in [0.25, 0.3) is 0 Å². The third-order valence-corrected chi connectivity index (χ3v) is 11.9. The predicted octanol–water partition coefficient (Wildman–Crippen LogP) is 14.0. The molecular formula is C48H89N3O2. The van der Waals surface area contributed by atoms with Crippen molar-refractivity contribution >= 4 is 12.2 Å². The van der Waals surface area contributed by atoms with E-state index in [9.17, 15) is 4.79 Å². The van der Waals surface area contributed by atoms with E-state index >= 15 is 0 Å². The Balaban J connectivity index is 1.81. The van der Waals surface area contributed by atoms with Gasteiger partial charge in [0.2, 0.25) is 6.17 Å². The molecule has 0 radical (unpaired) electrons. The van der Waals surface area contributed by atoms with Gasteiger partial charge in [-0.25, -0.2) is 4.79 Å². The van der Waals surface area contributed by atoms with E-state index in [-0.39, 0.29) is 11.5 Å². The molecule has 0 aliphatic carbocycles. The standard InChI is InChI=1S/C48H89N3O2/c1-4-7-9-11-13-15-17-19-21-23-25-27-29-31-34-39-48(40-35-32-30-28-26-24-22-20-18-16-14-12-10-8-5-2)45-49-46(47(52)53-6-3)51(48)44-38-43-50-41-36-33-37-42-50/h19-22,45-46H,4-18,23-44H2,1-3H3/b21-19-,22-20-. The average Bonchev–Trinajstić information content (AvgIpc) is 3.53. The Morgan fingerprint density at radius 3 is 1.47 bits per heavy atom. The maximum Gasteiger partial charge on any atom is 0.346 e. The molecule has 2 rings (SSSR count). The average molecular weight is 740 g/mol. The molecule has 308 valence electrons. The Kier molecular flexibility index (Phi) is 30.5. The molecule has 0 saturated carbocycles. The van der Waals surface area contributed by atoms with Crippen LogP contribution in [-0.4, -0.2) is 66.5 Å². The van der Waals surface area contributed by atoms with Crippen molar-refractivity contribution in [2.45, 2.75) is 238 Å². The molecule has 5 nitrogen and oxygen atoms in total. The van der Waals surface area contributed by atoms with Gasteiger partial charge in [0.05, 0.1) is 12.1 Å². The normalized spacial score (nSPS) is 17.9. The van der Waals surface area contributed by atoms with Crippen LogP contribution in [0.4, 0.5) is 0 Å². The summed E-state index contributed by atoms with van der Waals surface area (Å²) < 4.78 is 5.59. The van der Waals surface area contributed by atoms with E-state index in [1.807, 2.05) is 6.92 Å². The molecule has 0 amide bonds. The van der Waals surface area contributed by atoms with Crippen molar-refractivity contribution in [3.8, 4) is 0 Å². The minimum atomic E-state index is -0.470. The van der Waals surface area contributed by atoms with E-state index in [1.54, 1.807) is 0 Å². The van der Waals surface area contributed by atoms with Gasteiger partial charge in [0, 0.05) is 12.8 Å². The van der Waals surface area contributed by atoms with E-state index in [4.69, 9.17) is 9.73 Å². The van der Waals surface area contributed by atoms with E-state index in [2.05, 4.69) is 54.2 Å². The molecule has 2 aliphatic heterocycles. The van der Waals surface area contributed by atoms with Gasteiger partial charge in [-0.2, -0.15) is 0 Å². The SMILES string of the molecule is CCCCCCCC/C=C\CCCCCCCC1(CCCCCCC/C=C\CCCCCCCC)C=NC(C(=O)OCC)N1CCCN1CCCCC1. The van der Waals surface area contributed by atoms with Crippen molar-refractivity contribution in [3.63, 3.8) is 0 Å². The zero-order chi connectivity index (χ0) is 37.9. The molecule has 2 heterocycles. The van der Waals surface area contributed by atoms with Crippen LogP contribution >= 0.6 is 0 Å². The van der Waals surface area contributed by atoms with Gasteiger partial charge in [0.15, 0.2) is 0 Å². The number of esters is 1. The van der Waals surface area contributed by atoms with Gasteiger partial charge in [-0.1, -0.05) is 160 Å². The number of allylic oxidation sites excluding steroid dienone is 4. The van der Waals surface area contributed by atoms with Crippen LogP contribution in [0.15, 0.2) is 29.3 Å². The number of piperidine rings is 1. The van der Waals surface area contributed by atoms with Crippen LogP contribution in [0.25, 0.3) is 0 Å². The summed E-state index contributed by atoms with van der Waals surface area (Å²) in [7, 11) is 0. The smallest absolute Gasteiger partial charge is 0.346 e. The summed E-state index contributed by atoms with van der Waals surface area (Å²) in [5.41, 5.74) is -0.113. The molecule has 5 heteroatoms. The third kappa shape index (κ3) is 23.3. The van der Waals surface area contributed by atoms with E-state index < -0.39 is 6.17 Å². The molecule has 53 heavy (non-hydrogen) atoms. The Hall–Kier alpha value is -1.46. The summed E-state index contributed by atoms with van der Waals surface area (Å²) in [6.07, 6.45) is 53.2. The van der Waals surface area contributed by atoms with E-state index in [0.717, 1.165) is 32.4 Å². The molecule has 0 aromatic carbocycles. The Labute approximate surface area is 330 Å². The molecule has 1 fully saturated rings. The molecule has 0 bridgehead atoms. The van der Waals surface area contributed by atoms with Gasteiger partial charge in [-0.3, -0.25) is 9.89 Å². The zero-order valence-electron chi connectivity index (χ0n) is 35.8. The highest BCUT2D eigenvalue weighted by atomic mass is 16.5. The van der Waals surface area contributed by atoms with Crippen LogP contribution in [0.3, 0.4) is 0 Å². The lowest BCUT2D eigenvalue weighted by Gasteiger charge is -2.40. The van der Waals surface area contributed by atoms with Crippen LogP contribution in [0.1, 0.15) is 226 Å². The summed E-state index contributed by atoms with van der Waals surface area (Å²) in [4.78, 5) is 23.3. The summed E-state index contributed by atoms with van der Waals surface area (Å²) in [5.74, 6) is -0.155. The summed E-state index contributed by atoms with van der Waals surface area (Å²) in [5, 5.41) is 0. The second-order valence-electron chi connectivity index (χ2n) is 16.6. The molecule has 2 aliphatic rings. The van der Waals surface area contributed by atoms with E-state index in [1.165, 1.54) is 199 Å². The minimum absolute atomic E-state index is 0.113. The number of carbonyl (C=O) groups is 1. The number of carbonyl (C=O) groups excluding carboxylic acids is 1. The zero-order valence-corrected chi connectivity index (χ0v) is 35.8. The number of likely N-dealkylation sites (tertiary alicyclic amines) is 1. The predicted molar refractivity (Wildman–Crippen MR) is 232 cm³/mol. The van der Waals surface area contributed by atoms with Crippen LogP contribution in [0.2, 0.25) is 0 Å². The number of ether oxygens (including phenoxy) is 1. The number of hydrogen-bond acceptors (Lipinski definition) is 5. The first kappa shape index (κ1) is 47.7. The molecule has 1 unspecified atom stereocenters. The summed E-state index contributed by atoms with van der Waals surface area (Å²) in [6.45, 7) is 11.4.